The monoisotopic (exact) mass is 361 g/mol. The first-order valence-electron chi connectivity index (χ1n) is 9.68. The number of rotatable bonds is 5. The highest BCUT2D eigenvalue weighted by atomic mass is 16.5. The summed E-state index contributed by atoms with van der Waals surface area (Å²) < 4.78 is 5.41. The Kier molecular flexibility index (Phi) is 6.19. The first-order chi connectivity index (χ1) is 12.5. The van der Waals surface area contributed by atoms with Crippen LogP contribution in [0.3, 0.4) is 0 Å². The van der Waals surface area contributed by atoms with Gasteiger partial charge in [0.1, 0.15) is 5.82 Å². The van der Waals surface area contributed by atoms with E-state index in [1.54, 1.807) is 6.20 Å². The summed E-state index contributed by atoms with van der Waals surface area (Å²) in [5.74, 6) is 1.26. The molecule has 0 unspecified atom stereocenters. The number of nitrogens with two attached hydrogens (primary N) is 1. The van der Waals surface area contributed by atoms with Crippen molar-refractivity contribution in [1.29, 1.82) is 0 Å². The van der Waals surface area contributed by atoms with Crippen LogP contribution in [0, 0.1) is 5.92 Å². The number of nitrogens with one attached hydrogen (secondary N) is 2. The fourth-order valence-corrected chi connectivity index (χ4v) is 3.67. The van der Waals surface area contributed by atoms with Crippen molar-refractivity contribution in [2.75, 3.05) is 42.3 Å². The molecule has 1 saturated carbocycles. The van der Waals surface area contributed by atoms with E-state index in [1.165, 1.54) is 0 Å². The Labute approximate surface area is 155 Å². The molecule has 26 heavy (non-hydrogen) atoms. The van der Waals surface area contributed by atoms with Crippen LogP contribution in [0.4, 0.5) is 17.2 Å². The van der Waals surface area contributed by atoms with Crippen LogP contribution in [-0.2, 0) is 9.53 Å². The van der Waals surface area contributed by atoms with Crippen molar-refractivity contribution in [3.63, 3.8) is 0 Å². The van der Waals surface area contributed by atoms with E-state index in [4.69, 9.17) is 10.5 Å². The van der Waals surface area contributed by atoms with Gasteiger partial charge in [0.05, 0.1) is 30.8 Å². The molecular weight excluding hydrogens is 330 g/mol. The maximum absolute atomic E-state index is 12.2. The van der Waals surface area contributed by atoms with E-state index in [0.29, 0.717) is 11.7 Å². The Morgan fingerprint density at radius 1 is 1.27 bits per heavy atom. The standard InChI is InChI=1S/C19H31N5O2/c1-13(2)22-19(25)14-3-5-15(6-4-14)23-17-11-18(21-12-16(17)20)24-7-9-26-10-8-24/h11-15H,3-10,20H2,1-2H3,(H,21,23)(H,22,25). The Bertz CT molecular complexity index is 608. The number of hydrogen-bond acceptors (Lipinski definition) is 6. The summed E-state index contributed by atoms with van der Waals surface area (Å²) in [7, 11) is 0. The number of aromatic nitrogens is 1. The summed E-state index contributed by atoms with van der Waals surface area (Å²) in [6.07, 6.45) is 5.51. The predicted octanol–water partition coefficient (Wildman–Crippen LogP) is 2.00. The van der Waals surface area contributed by atoms with E-state index in [9.17, 15) is 4.79 Å². The molecule has 7 nitrogen and oxygen atoms in total. The smallest absolute Gasteiger partial charge is 0.223 e. The third kappa shape index (κ3) is 4.78. The van der Waals surface area contributed by atoms with E-state index in [2.05, 4.69) is 20.5 Å². The Balaban J connectivity index is 1.57. The van der Waals surface area contributed by atoms with Crippen LogP contribution in [0.25, 0.3) is 0 Å². The quantitative estimate of drug-likeness (QED) is 0.743. The Hall–Kier alpha value is -2.02. The molecule has 1 aliphatic heterocycles. The first-order valence-corrected chi connectivity index (χ1v) is 9.68. The van der Waals surface area contributed by atoms with Crippen LogP contribution in [0.2, 0.25) is 0 Å². The molecule has 1 aromatic rings. The normalized spacial score (nSPS) is 23.7. The molecule has 0 bridgehead atoms. The molecule has 1 aromatic heterocycles. The van der Waals surface area contributed by atoms with Crippen LogP contribution < -0.4 is 21.3 Å². The average molecular weight is 361 g/mol. The fourth-order valence-electron chi connectivity index (χ4n) is 3.67. The topological polar surface area (TPSA) is 92.5 Å². The van der Waals surface area contributed by atoms with E-state index in [0.717, 1.165) is 63.5 Å². The SMILES string of the molecule is CC(C)NC(=O)C1CCC(Nc2cc(N3CCOCC3)ncc2N)CC1. The third-order valence-corrected chi connectivity index (χ3v) is 5.14. The fraction of sp³-hybridized carbons (Fsp3) is 0.684. The molecule has 2 fully saturated rings. The molecular formula is C19H31N5O2. The minimum Gasteiger partial charge on any atom is -0.396 e. The van der Waals surface area contributed by atoms with Crippen molar-refractivity contribution >= 4 is 23.1 Å². The summed E-state index contributed by atoms with van der Waals surface area (Å²) in [4.78, 5) is 18.9. The van der Waals surface area contributed by atoms with Crippen LogP contribution >= 0.6 is 0 Å². The number of amides is 1. The minimum absolute atomic E-state index is 0.133. The van der Waals surface area contributed by atoms with Gasteiger partial charge in [-0.05, 0) is 39.5 Å². The molecule has 2 aliphatic rings. The number of morpholine rings is 1. The molecule has 144 valence electrons. The predicted molar refractivity (Wildman–Crippen MR) is 104 cm³/mol. The van der Waals surface area contributed by atoms with Gasteiger partial charge in [0.15, 0.2) is 0 Å². The number of carbonyl (C=O) groups is 1. The lowest BCUT2D eigenvalue weighted by Crippen LogP contribution is -2.39. The lowest BCUT2D eigenvalue weighted by molar-refractivity contribution is -0.126. The second-order valence-electron chi connectivity index (χ2n) is 7.59. The molecule has 2 heterocycles. The highest BCUT2D eigenvalue weighted by Crippen LogP contribution is 2.30. The van der Waals surface area contributed by atoms with E-state index < -0.39 is 0 Å². The molecule has 1 aliphatic carbocycles. The van der Waals surface area contributed by atoms with Gasteiger partial charge in [0.25, 0.3) is 0 Å². The lowest BCUT2D eigenvalue weighted by atomic mass is 9.85. The van der Waals surface area contributed by atoms with Gasteiger partial charge in [-0.25, -0.2) is 4.98 Å². The van der Waals surface area contributed by atoms with Crippen molar-refractivity contribution in [1.82, 2.24) is 10.3 Å². The van der Waals surface area contributed by atoms with Gasteiger partial charge in [0, 0.05) is 37.2 Å². The lowest BCUT2D eigenvalue weighted by Gasteiger charge is -2.31. The highest BCUT2D eigenvalue weighted by molar-refractivity contribution is 5.79. The molecule has 0 atom stereocenters. The Morgan fingerprint density at radius 3 is 2.62 bits per heavy atom. The largest absolute Gasteiger partial charge is 0.396 e. The van der Waals surface area contributed by atoms with E-state index in [-0.39, 0.29) is 17.9 Å². The summed E-state index contributed by atoms with van der Waals surface area (Å²) in [5.41, 5.74) is 7.74. The number of pyridine rings is 1. The van der Waals surface area contributed by atoms with Crippen molar-refractivity contribution in [3.05, 3.63) is 12.3 Å². The average Bonchev–Trinajstić information content (AvgIpc) is 2.64. The molecule has 7 heteroatoms. The number of hydrogen-bond donors (Lipinski definition) is 3. The number of anilines is 3. The third-order valence-electron chi connectivity index (χ3n) is 5.14. The number of nitrogens with zero attached hydrogens (tertiary/aromatic N) is 2. The zero-order valence-electron chi connectivity index (χ0n) is 15.8. The summed E-state index contributed by atoms with van der Waals surface area (Å²) in [6, 6.07) is 2.59. The highest BCUT2D eigenvalue weighted by Gasteiger charge is 2.27. The van der Waals surface area contributed by atoms with Gasteiger partial charge < -0.3 is 26.0 Å². The van der Waals surface area contributed by atoms with Crippen LogP contribution in [0.5, 0.6) is 0 Å². The van der Waals surface area contributed by atoms with Gasteiger partial charge >= 0.3 is 0 Å². The maximum atomic E-state index is 12.2. The second kappa shape index (κ2) is 8.58. The van der Waals surface area contributed by atoms with Crippen molar-refractivity contribution in [3.8, 4) is 0 Å². The molecule has 0 radical (unpaired) electrons. The molecule has 1 amide bonds. The molecule has 3 rings (SSSR count). The van der Waals surface area contributed by atoms with E-state index in [1.807, 2.05) is 19.9 Å². The van der Waals surface area contributed by atoms with Gasteiger partial charge in [-0.15, -0.1) is 0 Å². The Morgan fingerprint density at radius 2 is 1.96 bits per heavy atom. The first kappa shape index (κ1) is 18.8. The van der Waals surface area contributed by atoms with Crippen LogP contribution in [0.15, 0.2) is 12.3 Å². The summed E-state index contributed by atoms with van der Waals surface area (Å²) in [5, 5.41) is 6.60. The molecule has 0 aromatic carbocycles. The van der Waals surface area contributed by atoms with Crippen LogP contribution in [0.1, 0.15) is 39.5 Å². The van der Waals surface area contributed by atoms with Crippen LogP contribution in [-0.4, -0.2) is 49.3 Å². The van der Waals surface area contributed by atoms with Crippen molar-refractivity contribution in [2.45, 2.75) is 51.6 Å². The van der Waals surface area contributed by atoms with Crippen molar-refractivity contribution < 1.29 is 9.53 Å². The minimum atomic E-state index is 0.133. The van der Waals surface area contributed by atoms with Gasteiger partial charge in [-0.2, -0.15) is 0 Å². The number of ether oxygens (including phenoxy) is 1. The van der Waals surface area contributed by atoms with Gasteiger partial charge in [-0.1, -0.05) is 0 Å². The second-order valence-corrected chi connectivity index (χ2v) is 7.59. The summed E-state index contributed by atoms with van der Waals surface area (Å²) >= 11 is 0. The molecule has 4 N–H and O–H groups in total. The zero-order chi connectivity index (χ0) is 18.5. The molecule has 0 spiro atoms. The van der Waals surface area contributed by atoms with E-state index >= 15 is 0 Å². The van der Waals surface area contributed by atoms with Crippen molar-refractivity contribution in [2.24, 2.45) is 5.92 Å². The van der Waals surface area contributed by atoms with Gasteiger partial charge in [-0.3, -0.25) is 4.79 Å². The maximum Gasteiger partial charge on any atom is 0.223 e. The number of carbonyl (C=O) groups excluding carboxylic acids is 1. The van der Waals surface area contributed by atoms with Gasteiger partial charge in [0.2, 0.25) is 5.91 Å². The molecule has 1 saturated heterocycles. The summed E-state index contributed by atoms with van der Waals surface area (Å²) in [6.45, 7) is 7.18. The zero-order valence-corrected chi connectivity index (χ0v) is 15.8. The number of nitrogen functional groups attached to an aromatic ring is 1.